The summed E-state index contributed by atoms with van der Waals surface area (Å²) in [7, 11) is 0. The zero-order valence-corrected chi connectivity index (χ0v) is 16.3. The van der Waals surface area contributed by atoms with Crippen molar-refractivity contribution in [2.75, 3.05) is 5.32 Å². The van der Waals surface area contributed by atoms with Crippen molar-refractivity contribution in [3.05, 3.63) is 102 Å². The van der Waals surface area contributed by atoms with Gasteiger partial charge in [0, 0.05) is 11.8 Å². The van der Waals surface area contributed by atoms with Crippen LogP contribution in [0.3, 0.4) is 0 Å². The van der Waals surface area contributed by atoms with E-state index >= 15 is 0 Å². The van der Waals surface area contributed by atoms with Crippen molar-refractivity contribution in [2.45, 2.75) is 6.61 Å². The molecule has 0 saturated carbocycles. The number of thiocarbonyl (C=S) groups is 1. The summed E-state index contributed by atoms with van der Waals surface area (Å²) < 4.78 is 18.6. The lowest BCUT2D eigenvalue weighted by Crippen LogP contribution is -2.32. The number of rotatable bonds is 6. The molecule has 146 valence electrons. The number of amides is 1. The SMILES string of the molecule is O=C(C=Cc1ccc(F)cc1)NC(=S)Nc1ccc(OCc2ccccc2)cc1. The first-order chi connectivity index (χ1) is 14.1. The molecule has 1 amide bonds. The molecule has 0 spiro atoms. The summed E-state index contributed by atoms with van der Waals surface area (Å²) in [6.45, 7) is 0.489. The number of carbonyl (C=O) groups excluding carboxylic acids is 1. The molecule has 6 heteroatoms. The fourth-order valence-corrected chi connectivity index (χ4v) is 2.66. The molecule has 0 aliphatic carbocycles. The smallest absolute Gasteiger partial charge is 0.250 e. The van der Waals surface area contributed by atoms with E-state index in [0.717, 1.165) is 17.0 Å². The van der Waals surface area contributed by atoms with Gasteiger partial charge in [0.15, 0.2) is 5.11 Å². The monoisotopic (exact) mass is 406 g/mol. The summed E-state index contributed by atoms with van der Waals surface area (Å²) in [4.78, 5) is 11.9. The average molecular weight is 406 g/mol. The molecule has 0 radical (unpaired) electrons. The Morgan fingerprint density at radius 3 is 2.34 bits per heavy atom. The minimum atomic E-state index is -0.380. The third-order valence-electron chi connectivity index (χ3n) is 3.89. The Labute approximate surface area is 174 Å². The summed E-state index contributed by atoms with van der Waals surface area (Å²) in [5.41, 5.74) is 2.53. The molecule has 3 aromatic rings. The molecular formula is C23H19FN2O2S. The number of halogens is 1. The van der Waals surface area contributed by atoms with Gasteiger partial charge in [-0.15, -0.1) is 0 Å². The average Bonchev–Trinajstić information content (AvgIpc) is 2.73. The lowest BCUT2D eigenvalue weighted by atomic mass is 10.2. The second-order valence-corrected chi connectivity index (χ2v) is 6.54. The van der Waals surface area contributed by atoms with Crippen molar-refractivity contribution >= 4 is 35.0 Å². The van der Waals surface area contributed by atoms with Crippen LogP contribution in [0.2, 0.25) is 0 Å². The molecule has 2 N–H and O–H groups in total. The molecule has 4 nitrogen and oxygen atoms in total. The maximum absolute atomic E-state index is 12.9. The normalized spacial score (nSPS) is 10.5. The Morgan fingerprint density at radius 1 is 0.966 bits per heavy atom. The Morgan fingerprint density at radius 2 is 1.66 bits per heavy atom. The first kappa shape index (κ1) is 20.2. The predicted octanol–water partition coefficient (Wildman–Crippen LogP) is 4.93. The van der Waals surface area contributed by atoms with Crippen LogP contribution in [-0.2, 0) is 11.4 Å². The topological polar surface area (TPSA) is 50.4 Å². The van der Waals surface area contributed by atoms with Gasteiger partial charge in [0.2, 0.25) is 5.91 Å². The molecule has 3 aromatic carbocycles. The van der Waals surface area contributed by atoms with Gasteiger partial charge in [-0.2, -0.15) is 0 Å². The summed E-state index contributed by atoms with van der Waals surface area (Å²) in [6.07, 6.45) is 2.91. The van der Waals surface area contributed by atoms with E-state index < -0.39 is 0 Å². The number of hydrogen-bond donors (Lipinski definition) is 2. The van der Waals surface area contributed by atoms with Crippen LogP contribution in [0.1, 0.15) is 11.1 Å². The zero-order chi connectivity index (χ0) is 20.5. The van der Waals surface area contributed by atoms with Crippen molar-refractivity contribution in [2.24, 2.45) is 0 Å². The number of anilines is 1. The third kappa shape index (κ3) is 6.86. The fourth-order valence-electron chi connectivity index (χ4n) is 2.44. The van der Waals surface area contributed by atoms with Crippen molar-refractivity contribution < 1.29 is 13.9 Å². The maximum Gasteiger partial charge on any atom is 0.250 e. The molecule has 29 heavy (non-hydrogen) atoms. The van der Waals surface area contributed by atoms with E-state index in [4.69, 9.17) is 17.0 Å². The molecule has 3 rings (SSSR count). The molecule has 0 aliphatic rings. The number of hydrogen-bond acceptors (Lipinski definition) is 3. The van der Waals surface area contributed by atoms with Crippen molar-refractivity contribution in [1.29, 1.82) is 0 Å². The largest absolute Gasteiger partial charge is 0.489 e. The fraction of sp³-hybridized carbons (Fsp3) is 0.0435. The first-order valence-electron chi connectivity index (χ1n) is 8.91. The van der Waals surface area contributed by atoms with Gasteiger partial charge < -0.3 is 10.1 Å². The Kier molecular flexibility index (Phi) is 7.08. The standard InChI is InChI=1S/C23H19FN2O2S/c24-19-9-6-17(7-10-19)8-15-22(27)26-23(29)25-20-11-13-21(14-12-20)28-16-18-4-2-1-3-5-18/h1-15H,16H2,(H2,25,26,27,29). The van der Waals surface area contributed by atoms with Gasteiger partial charge in [-0.3, -0.25) is 10.1 Å². The molecule has 0 bridgehead atoms. The third-order valence-corrected chi connectivity index (χ3v) is 4.10. The summed E-state index contributed by atoms with van der Waals surface area (Å²) >= 11 is 5.15. The second kappa shape index (κ2) is 10.1. The highest BCUT2D eigenvalue weighted by Crippen LogP contribution is 2.17. The van der Waals surface area contributed by atoms with E-state index in [1.165, 1.54) is 18.2 Å². The molecule has 0 saturated heterocycles. The molecular weight excluding hydrogens is 387 g/mol. The lowest BCUT2D eigenvalue weighted by molar-refractivity contribution is -0.115. The highest BCUT2D eigenvalue weighted by molar-refractivity contribution is 7.80. The minimum absolute atomic E-state index is 0.178. The predicted molar refractivity (Wildman–Crippen MR) is 117 cm³/mol. The number of carbonyl (C=O) groups is 1. The van der Waals surface area contributed by atoms with Gasteiger partial charge in [0.25, 0.3) is 0 Å². The highest BCUT2D eigenvalue weighted by atomic mass is 32.1. The van der Waals surface area contributed by atoms with E-state index in [-0.39, 0.29) is 16.8 Å². The van der Waals surface area contributed by atoms with Crippen LogP contribution in [0.15, 0.2) is 84.9 Å². The van der Waals surface area contributed by atoms with Gasteiger partial charge >= 0.3 is 0 Å². The lowest BCUT2D eigenvalue weighted by Gasteiger charge is -2.10. The first-order valence-corrected chi connectivity index (χ1v) is 9.32. The summed E-state index contributed by atoms with van der Waals surface area (Å²) in [6, 6.07) is 23.0. The Hall–Kier alpha value is -3.51. The van der Waals surface area contributed by atoms with E-state index in [2.05, 4.69) is 10.6 Å². The van der Waals surface area contributed by atoms with Crippen LogP contribution >= 0.6 is 12.2 Å². The van der Waals surface area contributed by atoms with Crippen molar-refractivity contribution in [3.63, 3.8) is 0 Å². The molecule has 0 aromatic heterocycles. The zero-order valence-electron chi connectivity index (χ0n) is 15.5. The van der Waals surface area contributed by atoms with Gasteiger partial charge in [0.1, 0.15) is 18.2 Å². The number of benzene rings is 3. The van der Waals surface area contributed by atoms with Gasteiger partial charge in [-0.1, -0.05) is 42.5 Å². The van der Waals surface area contributed by atoms with Crippen LogP contribution in [0.5, 0.6) is 5.75 Å². The number of ether oxygens (including phenoxy) is 1. The van der Waals surface area contributed by atoms with Crippen molar-refractivity contribution in [3.8, 4) is 5.75 Å². The van der Waals surface area contributed by atoms with E-state index in [1.807, 2.05) is 54.6 Å². The van der Waals surface area contributed by atoms with Crippen LogP contribution in [0.4, 0.5) is 10.1 Å². The van der Waals surface area contributed by atoms with E-state index in [1.54, 1.807) is 18.2 Å². The van der Waals surface area contributed by atoms with Crippen LogP contribution in [0, 0.1) is 5.82 Å². The molecule has 0 aliphatic heterocycles. The number of nitrogens with one attached hydrogen (secondary N) is 2. The van der Waals surface area contributed by atoms with Crippen LogP contribution in [0.25, 0.3) is 6.08 Å². The molecule has 0 unspecified atom stereocenters. The van der Waals surface area contributed by atoms with E-state index in [0.29, 0.717) is 12.2 Å². The summed E-state index contributed by atoms with van der Waals surface area (Å²) in [5, 5.41) is 5.68. The summed E-state index contributed by atoms with van der Waals surface area (Å²) in [5.74, 6) is 0.0275. The van der Waals surface area contributed by atoms with Crippen LogP contribution in [-0.4, -0.2) is 11.0 Å². The quantitative estimate of drug-likeness (QED) is 0.450. The van der Waals surface area contributed by atoms with Crippen LogP contribution < -0.4 is 15.4 Å². The maximum atomic E-state index is 12.9. The van der Waals surface area contributed by atoms with Gasteiger partial charge in [0.05, 0.1) is 0 Å². The van der Waals surface area contributed by atoms with Gasteiger partial charge in [-0.25, -0.2) is 4.39 Å². The van der Waals surface area contributed by atoms with Crippen molar-refractivity contribution in [1.82, 2.24) is 5.32 Å². The van der Waals surface area contributed by atoms with E-state index in [9.17, 15) is 9.18 Å². The molecule has 0 fully saturated rings. The Balaban J connectivity index is 1.46. The second-order valence-electron chi connectivity index (χ2n) is 6.13. The molecule has 0 heterocycles. The molecule has 0 atom stereocenters. The highest BCUT2D eigenvalue weighted by Gasteiger charge is 2.03. The van der Waals surface area contributed by atoms with Gasteiger partial charge in [-0.05, 0) is 65.8 Å². The Bertz CT molecular complexity index is 988. The minimum Gasteiger partial charge on any atom is -0.489 e.